The van der Waals surface area contributed by atoms with Gasteiger partial charge in [0, 0.05) is 21.8 Å². The van der Waals surface area contributed by atoms with Gasteiger partial charge in [-0.1, -0.05) is 57.5 Å². The molecule has 134 valence electrons. The number of ether oxygens (including phenoxy) is 1. The topological polar surface area (TPSA) is 39.9 Å². The van der Waals surface area contributed by atoms with Crippen LogP contribution in [0.3, 0.4) is 0 Å². The lowest BCUT2D eigenvalue weighted by Gasteiger charge is -2.11. The van der Waals surface area contributed by atoms with Crippen molar-refractivity contribution in [3.05, 3.63) is 70.2 Å². The van der Waals surface area contributed by atoms with E-state index in [0.717, 1.165) is 20.9 Å². The Kier molecular flexibility index (Phi) is 6.40. The van der Waals surface area contributed by atoms with Crippen LogP contribution in [-0.4, -0.2) is 21.9 Å². The minimum Gasteiger partial charge on any atom is -0.496 e. The maximum absolute atomic E-state index is 6.17. The Bertz CT molecular complexity index is 912. The normalized spacial score (nSPS) is 10.7. The molecular formula is C19H17BrClN3OS. The smallest absolute Gasteiger partial charge is 0.192 e. The van der Waals surface area contributed by atoms with Crippen molar-refractivity contribution >= 4 is 39.3 Å². The highest BCUT2D eigenvalue weighted by atomic mass is 79.9. The Balaban J connectivity index is 1.92. The summed E-state index contributed by atoms with van der Waals surface area (Å²) in [4.78, 5) is 0. The lowest BCUT2D eigenvalue weighted by molar-refractivity contribution is 0.416. The maximum Gasteiger partial charge on any atom is 0.192 e. The quantitative estimate of drug-likeness (QED) is 0.334. The number of hydrogen-bond acceptors (Lipinski definition) is 4. The molecule has 0 aliphatic rings. The van der Waals surface area contributed by atoms with Crippen LogP contribution in [0.5, 0.6) is 5.75 Å². The summed E-state index contributed by atoms with van der Waals surface area (Å²) in [6, 6.07) is 13.7. The van der Waals surface area contributed by atoms with E-state index in [4.69, 9.17) is 16.3 Å². The van der Waals surface area contributed by atoms with Crippen molar-refractivity contribution in [2.45, 2.75) is 17.5 Å². The molecule has 1 aromatic heterocycles. The van der Waals surface area contributed by atoms with E-state index in [1.807, 2.05) is 34.9 Å². The summed E-state index contributed by atoms with van der Waals surface area (Å²) in [5, 5.41) is 10.2. The van der Waals surface area contributed by atoms with Gasteiger partial charge in [0.2, 0.25) is 0 Å². The van der Waals surface area contributed by atoms with Gasteiger partial charge in [0.15, 0.2) is 11.0 Å². The van der Waals surface area contributed by atoms with E-state index in [1.165, 1.54) is 5.56 Å². The molecule has 2 aromatic carbocycles. The van der Waals surface area contributed by atoms with Gasteiger partial charge >= 0.3 is 0 Å². The number of nitrogens with zero attached hydrogens (tertiary/aromatic N) is 3. The van der Waals surface area contributed by atoms with Crippen LogP contribution in [0.2, 0.25) is 5.02 Å². The average Bonchev–Trinajstić information content (AvgIpc) is 3.04. The minimum absolute atomic E-state index is 0.598. The zero-order valence-corrected chi connectivity index (χ0v) is 17.3. The molecule has 7 heteroatoms. The summed E-state index contributed by atoms with van der Waals surface area (Å²) >= 11 is 11.3. The third-order valence-corrected chi connectivity index (χ3v) is 5.51. The van der Waals surface area contributed by atoms with E-state index < -0.39 is 0 Å². The van der Waals surface area contributed by atoms with Crippen molar-refractivity contribution in [3.8, 4) is 17.1 Å². The fraction of sp³-hybridized carbons (Fsp3) is 0.158. The van der Waals surface area contributed by atoms with Gasteiger partial charge in [-0.2, -0.15) is 0 Å². The molecule has 1 heterocycles. The number of allylic oxidation sites excluding steroid dienone is 1. The molecule has 0 saturated heterocycles. The Morgan fingerprint density at radius 2 is 2.00 bits per heavy atom. The van der Waals surface area contributed by atoms with Gasteiger partial charge in [0.05, 0.1) is 12.7 Å². The first-order valence-corrected chi connectivity index (χ1v) is 10.0. The number of benzene rings is 2. The van der Waals surface area contributed by atoms with E-state index in [0.29, 0.717) is 23.1 Å². The van der Waals surface area contributed by atoms with Crippen LogP contribution in [-0.2, 0) is 12.3 Å². The van der Waals surface area contributed by atoms with E-state index in [-0.39, 0.29) is 0 Å². The molecular weight excluding hydrogens is 434 g/mol. The number of halogens is 2. The van der Waals surface area contributed by atoms with Gasteiger partial charge in [0.25, 0.3) is 0 Å². The lowest BCUT2D eigenvalue weighted by atomic mass is 10.2. The van der Waals surface area contributed by atoms with Crippen molar-refractivity contribution < 1.29 is 4.74 Å². The van der Waals surface area contributed by atoms with Crippen LogP contribution in [0.15, 0.2) is 64.7 Å². The summed E-state index contributed by atoms with van der Waals surface area (Å²) in [7, 11) is 1.63. The average molecular weight is 451 g/mol. The Hall–Kier alpha value is -1.76. The summed E-state index contributed by atoms with van der Waals surface area (Å²) in [6.45, 7) is 4.45. The third kappa shape index (κ3) is 4.31. The molecule has 3 aromatic rings. The largest absolute Gasteiger partial charge is 0.496 e. The molecule has 0 N–H and O–H groups in total. The standard InChI is InChI=1S/C19H17BrClN3OS/c1-3-10-24-18(16-11-15(21)8-9-17(16)25-2)22-23-19(24)26-12-13-4-6-14(20)7-5-13/h3-9,11H,1,10,12H2,2H3. The maximum atomic E-state index is 6.17. The van der Waals surface area contributed by atoms with Gasteiger partial charge in [-0.15, -0.1) is 16.8 Å². The second kappa shape index (κ2) is 8.75. The molecule has 0 spiro atoms. The zero-order valence-electron chi connectivity index (χ0n) is 14.2. The van der Waals surface area contributed by atoms with Crippen molar-refractivity contribution in [2.75, 3.05) is 7.11 Å². The van der Waals surface area contributed by atoms with Crippen molar-refractivity contribution in [1.29, 1.82) is 0 Å². The van der Waals surface area contributed by atoms with Gasteiger partial charge in [-0.3, -0.25) is 4.57 Å². The number of thioether (sulfide) groups is 1. The first-order valence-electron chi connectivity index (χ1n) is 7.87. The first-order chi connectivity index (χ1) is 12.6. The molecule has 0 atom stereocenters. The summed E-state index contributed by atoms with van der Waals surface area (Å²) in [5.41, 5.74) is 2.03. The van der Waals surface area contributed by atoms with Crippen LogP contribution in [0.25, 0.3) is 11.4 Å². The molecule has 0 radical (unpaired) electrons. The summed E-state index contributed by atoms with van der Waals surface area (Å²) in [5.74, 6) is 2.22. The third-order valence-electron chi connectivity index (χ3n) is 3.71. The first kappa shape index (κ1) is 19.0. The Morgan fingerprint density at radius 1 is 1.23 bits per heavy atom. The number of aromatic nitrogens is 3. The molecule has 0 unspecified atom stereocenters. The molecule has 0 aliphatic heterocycles. The number of methoxy groups -OCH3 is 1. The summed E-state index contributed by atoms with van der Waals surface area (Å²) in [6.07, 6.45) is 1.83. The summed E-state index contributed by atoms with van der Waals surface area (Å²) < 4.78 is 8.55. The Labute approximate surface area is 170 Å². The highest BCUT2D eigenvalue weighted by Gasteiger charge is 2.17. The molecule has 0 amide bonds. The fourth-order valence-corrected chi connectivity index (χ4v) is 3.81. The van der Waals surface area contributed by atoms with Crippen LogP contribution in [0, 0.1) is 0 Å². The molecule has 3 rings (SSSR count). The SMILES string of the molecule is C=CCn1c(SCc2ccc(Br)cc2)nnc1-c1cc(Cl)ccc1OC. The van der Waals surface area contributed by atoms with Gasteiger partial charge in [-0.05, 0) is 35.9 Å². The lowest BCUT2D eigenvalue weighted by Crippen LogP contribution is -2.02. The van der Waals surface area contributed by atoms with Crippen LogP contribution in [0.1, 0.15) is 5.56 Å². The second-order valence-corrected chi connectivity index (χ2v) is 7.76. The molecule has 4 nitrogen and oxygen atoms in total. The fourth-order valence-electron chi connectivity index (χ4n) is 2.47. The van der Waals surface area contributed by atoms with E-state index in [1.54, 1.807) is 24.9 Å². The Morgan fingerprint density at radius 3 is 2.69 bits per heavy atom. The van der Waals surface area contributed by atoms with Crippen molar-refractivity contribution in [1.82, 2.24) is 14.8 Å². The predicted molar refractivity (Wildman–Crippen MR) is 111 cm³/mol. The van der Waals surface area contributed by atoms with Crippen LogP contribution in [0.4, 0.5) is 0 Å². The molecule has 26 heavy (non-hydrogen) atoms. The van der Waals surface area contributed by atoms with E-state index >= 15 is 0 Å². The second-order valence-electron chi connectivity index (χ2n) is 5.47. The van der Waals surface area contributed by atoms with Gasteiger partial charge in [0.1, 0.15) is 5.75 Å². The van der Waals surface area contributed by atoms with E-state index in [2.05, 4.69) is 44.8 Å². The molecule has 0 fully saturated rings. The van der Waals surface area contributed by atoms with Crippen LogP contribution >= 0.6 is 39.3 Å². The monoisotopic (exact) mass is 449 g/mol. The highest BCUT2D eigenvalue weighted by molar-refractivity contribution is 9.10. The zero-order chi connectivity index (χ0) is 18.5. The van der Waals surface area contributed by atoms with Gasteiger partial charge < -0.3 is 4.74 Å². The molecule has 0 aliphatic carbocycles. The van der Waals surface area contributed by atoms with E-state index in [9.17, 15) is 0 Å². The molecule has 0 bridgehead atoms. The van der Waals surface area contributed by atoms with Crippen LogP contribution < -0.4 is 4.74 Å². The predicted octanol–water partition coefficient (Wildman–Crippen LogP) is 5.85. The number of hydrogen-bond donors (Lipinski definition) is 0. The van der Waals surface area contributed by atoms with Crippen molar-refractivity contribution in [2.24, 2.45) is 0 Å². The van der Waals surface area contributed by atoms with Gasteiger partial charge in [-0.25, -0.2) is 0 Å². The minimum atomic E-state index is 0.598. The number of rotatable bonds is 7. The van der Waals surface area contributed by atoms with Crippen molar-refractivity contribution in [3.63, 3.8) is 0 Å². The molecule has 0 saturated carbocycles. The highest BCUT2D eigenvalue weighted by Crippen LogP contribution is 2.34.